The molecule has 3 heteroatoms. The first kappa shape index (κ1) is 12.4. The summed E-state index contributed by atoms with van der Waals surface area (Å²) in [4.78, 5) is 11.5. The molecule has 1 aromatic carbocycles. The lowest BCUT2D eigenvalue weighted by Crippen LogP contribution is -2.08. The van der Waals surface area contributed by atoms with Crippen LogP contribution < -0.4 is 0 Å². The van der Waals surface area contributed by atoms with E-state index in [0.717, 1.165) is 22.9 Å². The van der Waals surface area contributed by atoms with Gasteiger partial charge in [-0.3, -0.25) is 4.79 Å². The van der Waals surface area contributed by atoms with Gasteiger partial charge in [-0.1, -0.05) is 28.1 Å². The largest absolute Gasteiger partial charge is 0.466 e. The number of allylic oxidation sites excluding steroid dienone is 1. The van der Waals surface area contributed by atoms with Crippen LogP contribution in [0.5, 0.6) is 0 Å². The van der Waals surface area contributed by atoms with Crippen LogP contribution in [0.1, 0.15) is 30.9 Å². The van der Waals surface area contributed by atoms with E-state index in [0.29, 0.717) is 13.0 Å². The van der Waals surface area contributed by atoms with Gasteiger partial charge in [0.25, 0.3) is 0 Å². The van der Waals surface area contributed by atoms with Gasteiger partial charge < -0.3 is 4.74 Å². The number of halogens is 1. The van der Waals surface area contributed by atoms with Crippen LogP contribution in [0.4, 0.5) is 0 Å². The molecule has 2 rings (SSSR count). The maximum absolute atomic E-state index is 11.5. The minimum atomic E-state index is -0.144. The van der Waals surface area contributed by atoms with Crippen LogP contribution in [0.25, 0.3) is 5.57 Å². The third kappa shape index (κ3) is 2.97. The quantitative estimate of drug-likeness (QED) is 0.794. The van der Waals surface area contributed by atoms with E-state index in [2.05, 4.69) is 34.1 Å². The molecule has 1 aliphatic carbocycles. The number of esters is 1. The van der Waals surface area contributed by atoms with Crippen molar-refractivity contribution in [2.24, 2.45) is 0 Å². The number of hydrogen-bond donors (Lipinski definition) is 0. The molecule has 0 amide bonds. The third-order valence-electron chi connectivity index (χ3n) is 2.86. The van der Waals surface area contributed by atoms with Gasteiger partial charge in [0.05, 0.1) is 13.0 Å². The minimum Gasteiger partial charge on any atom is -0.466 e. The Balaban J connectivity index is 2.20. The zero-order valence-corrected chi connectivity index (χ0v) is 11.4. The second-order valence-electron chi connectivity index (χ2n) is 4.05. The van der Waals surface area contributed by atoms with Gasteiger partial charge in [-0.05, 0) is 48.6 Å². The van der Waals surface area contributed by atoms with Crippen LogP contribution in [0.3, 0.4) is 0 Å². The van der Waals surface area contributed by atoms with Crippen LogP contribution in [-0.2, 0) is 16.0 Å². The number of aryl methyl sites for hydroxylation is 1. The predicted octanol–water partition coefficient (Wildman–Crippen LogP) is 3.73. The molecule has 2 nitrogen and oxygen atoms in total. The zero-order valence-electron chi connectivity index (χ0n) is 9.83. The molecule has 0 atom stereocenters. The van der Waals surface area contributed by atoms with Crippen molar-refractivity contribution in [3.05, 3.63) is 39.9 Å². The smallest absolute Gasteiger partial charge is 0.310 e. The lowest BCUT2D eigenvalue weighted by Gasteiger charge is -2.17. The van der Waals surface area contributed by atoms with Crippen LogP contribution in [0, 0.1) is 0 Å². The van der Waals surface area contributed by atoms with Crippen molar-refractivity contribution in [1.82, 2.24) is 0 Å². The first-order valence-electron chi connectivity index (χ1n) is 5.84. The molecule has 90 valence electrons. The van der Waals surface area contributed by atoms with Gasteiger partial charge in [-0.2, -0.15) is 0 Å². The highest BCUT2D eigenvalue weighted by Crippen LogP contribution is 2.30. The summed E-state index contributed by atoms with van der Waals surface area (Å²) in [5.74, 6) is -0.144. The molecule has 0 radical (unpaired) electrons. The van der Waals surface area contributed by atoms with Crippen LogP contribution >= 0.6 is 15.9 Å². The van der Waals surface area contributed by atoms with Gasteiger partial charge in [-0.25, -0.2) is 0 Å². The van der Waals surface area contributed by atoms with E-state index in [1.807, 2.05) is 13.0 Å². The van der Waals surface area contributed by atoms with Crippen molar-refractivity contribution in [3.63, 3.8) is 0 Å². The average Bonchev–Trinajstić information content (AvgIpc) is 2.29. The monoisotopic (exact) mass is 294 g/mol. The molecule has 0 fully saturated rings. The molecule has 0 bridgehead atoms. The first-order valence-corrected chi connectivity index (χ1v) is 6.63. The van der Waals surface area contributed by atoms with E-state index in [1.54, 1.807) is 0 Å². The van der Waals surface area contributed by atoms with Crippen LogP contribution in [0.15, 0.2) is 28.7 Å². The van der Waals surface area contributed by atoms with Gasteiger partial charge in [-0.15, -0.1) is 0 Å². The standard InChI is InChI=1S/C14H15BrO2/c1-2-17-14(16)9-11-5-3-4-10-8-12(15)6-7-13(10)11/h5-8H,2-4,9H2,1H3. The highest BCUT2D eigenvalue weighted by molar-refractivity contribution is 9.10. The van der Waals surface area contributed by atoms with Crippen molar-refractivity contribution in [2.45, 2.75) is 26.2 Å². The molecule has 1 aliphatic rings. The minimum absolute atomic E-state index is 0.144. The molecule has 0 aliphatic heterocycles. The summed E-state index contributed by atoms with van der Waals surface area (Å²) in [7, 11) is 0. The Bertz CT molecular complexity index is 463. The van der Waals surface area contributed by atoms with Crippen molar-refractivity contribution in [2.75, 3.05) is 6.61 Å². The van der Waals surface area contributed by atoms with Crippen molar-refractivity contribution in [1.29, 1.82) is 0 Å². The van der Waals surface area contributed by atoms with E-state index < -0.39 is 0 Å². The Morgan fingerprint density at radius 3 is 3.06 bits per heavy atom. The number of ether oxygens (including phenoxy) is 1. The Hall–Kier alpha value is -1.09. The Kier molecular flexibility index (Phi) is 4.00. The molecule has 0 saturated heterocycles. The molecule has 0 N–H and O–H groups in total. The van der Waals surface area contributed by atoms with Crippen molar-refractivity contribution in [3.8, 4) is 0 Å². The number of fused-ring (bicyclic) bond motifs is 1. The molecule has 0 heterocycles. The first-order chi connectivity index (χ1) is 8.20. The lowest BCUT2D eigenvalue weighted by atomic mass is 9.89. The number of rotatable bonds is 3. The maximum Gasteiger partial charge on any atom is 0.310 e. The third-order valence-corrected chi connectivity index (χ3v) is 3.35. The Morgan fingerprint density at radius 1 is 1.47 bits per heavy atom. The van der Waals surface area contributed by atoms with Gasteiger partial charge in [0, 0.05) is 4.47 Å². The zero-order chi connectivity index (χ0) is 12.3. The summed E-state index contributed by atoms with van der Waals surface area (Å²) >= 11 is 3.47. The molecule has 0 spiro atoms. The van der Waals surface area contributed by atoms with E-state index in [4.69, 9.17) is 4.74 Å². The van der Waals surface area contributed by atoms with Gasteiger partial charge in [0.2, 0.25) is 0 Å². The second kappa shape index (κ2) is 5.50. The fraction of sp³-hybridized carbons (Fsp3) is 0.357. The lowest BCUT2D eigenvalue weighted by molar-refractivity contribution is -0.141. The molecule has 1 aromatic rings. The number of carbonyl (C=O) groups excluding carboxylic acids is 1. The molecular formula is C14H15BrO2. The van der Waals surface area contributed by atoms with E-state index in [9.17, 15) is 4.79 Å². The summed E-state index contributed by atoms with van der Waals surface area (Å²) in [6.07, 6.45) is 4.56. The number of hydrogen-bond acceptors (Lipinski definition) is 2. The van der Waals surface area contributed by atoms with Crippen LogP contribution in [-0.4, -0.2) is 12.6 Å². The van der Waals surface area contributed by atoms with E-state index in [1.165, 1.54) is 11.1 Å². The molecule has 0 aromatic heterocycles. The maximum atomic E-state index is 11.5. The van der Waals surface area contributed by atoms with Gasteiger partial charge in [0.15, 0.2) is 0 Å². The SMILES string of the molecule is CCOC(=O)CC1=CCCc2cc(Br)ccc21. The predicted molar refractivity (Wildman–Crippen MR) is 71.7 cm³/mol. The number of benzene rings is 1. The molecule has 17 heavy (non-hydrogen) atoms. The van der Waals surface area contributed by atoms with Crippen molar-refractivity contribution < 1.29 is 9.53 Å². The van der Waals surface area contributed by atoms with Crippen molar-refractivity contribution >= 4 is 27.5 Å². The summed E-state index contributed by atoms with van der Waals surface area (Å²) in [5.41, 5.74) is 3.59. The summed E-state index contributed by atoms with van der Waals surface area (Å²) in [5, 5.41) is 0. The number of carbonyl (C=O) groups is 1. The Labute approximate surface area is 110 Å². The van der Waals surface area contributed by atoms with Gasteiger partial charge in [0.1, 0.15) is 0 Å². The Morgan fingerprint density at radius 2 is 2.29 bits per heavy atom. The topological polar surface area (TPSA) is 26.3 Å². The fourth-order valence-electron chi connectivity index (χ4n) is 2.13. The molecule has 0 unspecified atom stereocenters. The normalized spacial score (nSPS) is 13.9. The fourth-order valence-corrected chi connectivity index (χ4v) is 2.54. The highest BCUT2D eigenvalue weighted by Gasteiger charge is 2.15. The second-order valence-corrected chi connectivity index (χ2v) is 4.97. The summed E-state index contributed by atoms with van der Waals surface area (Å²) in [6, 6.07) is 6.22. The summed E-state index contributed by atoms with van der Waals surface area (Å²) < 4.78 is 6.09. The highest BCUT2D eigenvalue weighted by atomic mass is 79.9. The molecule has 0 saturated carbocycles. The molecular weight excluding hydrogens is 280 g/mol. The average molecular weight is 295 g/mol. The van der Waals surface area contributed by atoms with Gasteiger partial charge >= 0.3 is 5.97 Å². The van der Waals surface area contributed by atoms with E-state index in [-0.39, 0.29) is 5.97 Å². The van der Waals surface area contributed by atoms with E-state index >= 15 is 0 Å². The van der Waals surface area contributed by atoms with Crippen LogP contribution in [0.2, 0.25) is 0 Å². The summed E-state index contributed by atoms with van der Waals surface area (Å²) in [6.45, 7) is 2.28.